The van der Waals surface area contributed by atoms with Crippen LogP contribution in [0.5, 0.6) is 5.75 Å². The van der Waals surface area contributed by atoms with E-state index in [0.717, 1.165) is 16.9 Å². The summed E-state index contributed by atoms with van der Waals surface area (Å²) < 4.78 is 5.97. The van der Waals surface area contributed by atoms with E-state index in [2.05, 4.69) is 45.9 Å². The van der Waals surface area contributed by atoms with Crippen LogP contribution in [-0.2, 0) is 12.0 Å². The number of hydrogen-bond acceptors (Lipinski definition) is 4. The van der Waals surface area contributed by atoms with E-state index in [1.54, 1.807) is 0 Å². The Kier molecular flexibility index (Phi) is 7.84. The zero-order chi connectivity index (χ0) is 19.9. The molecular formula is C23H33NO3. The SMILES string of the molecule is Cc1ccc(OCC(O)CN(CCO)Cc2ccccc2)c(C(C)(C)C)c1. The van der Waals surface area contributed by atoms with Gasteiger partial charge in [-0.15, -0.1) is 0 Å². The van der Waals surface area contributed by atoms with Crippen molar-refractivity contribution in [3.05, 3.63) is 65.2 Å². The fourth-order valence-corrected chi connectivity index (χ4v) is 3.11. The molecule has 0 saturated carbocycles. The fourth-order valence-electron chi connectivity index (χ4n) is 3.11. The van der Waals surface area contributed by atoms with Gasteiger partial charge in [-0.3, -0.25) is 4.90 Å². The van der Waals surface area contributed by atoms with Crippen molar-refractivity contribution in [1.29, 1.82) is 0 Å². The summed E-state index contributed by atoms with van der Waals surface area (Å²) in [6.07, 6.45) is -0.630. The van der Waals surface area contributed by atoms with Crippen LogP contribution in [0.15, 0.2) is 48.5 Å². The molecule has 0 amide bonds. The van der Waals surface area contributed by atoms with E-state index in [1.165, 1.54) is 5.56 Å². The first-order valence-electron chi connectivity index (χ1n) is 9.58. The average molecular weight is 372 g/mol. The van der Waals surface area contributed by atoms with Crippen molar-refractivity contribution in [2.45, 2.75) is 45.8 Å². The van der Waals surface area contributed by atoms with Crippen LogP contribution in [0.4, 0.5) is 0 Å². The van der Waals surface area contributed by atoms with Gasteiger partial charge in [0.15, 0.2) is 0 Å². The van der Waals surface area contributed by atoms with Crippen LogP contribution >= 0.6 is 0 Å². The number of hydrogen-bond donors (Lipinski definition) is 2. The Morgan fingerprint density at radius 2 is 1.78 bits per heavy atom. The number of nitrogens with zero attached hydrogens (tertiary/aromatic N) is 1. The Bertz CT molecular complexity index is 695. The highest BCUT2D eigenvalue weighted by Crippen LogP contribution is 2.32. The maximum Gasteiger partial charge on any atom is 0.123 e. The summed E-state index contributed by atoms with van der Waals surface area (Å²) in [4.78, 5) is 2.04. The molecule has 0 saturated heterocycles. The van der Waals surface area contributed by atoms with E-state index < -0.39 is 6.10 Å². The lowest BCUT2D eigenvalue weighted by atomic mass is 9.85. The van der Waals surface area contributed by atoms with Gasteiger partial charge in [-0.2, -0.15) is 0 Å². The lowest BCUT2D eigenvalue weighted by molar-refractivity contribution is 0.0584. The molecule has 0 radical (unpaired) electrons. The topological polar surface area (TPSA) is 52.9 Å². The van der Waals surface area contributed by atoms with Crippen LogP contribution in [0.2, 0.25) is 0 Å². The number of aliphatic hydroxyl groups excluding tert-OH is 2. The Balaban J connectivity index is 1.97. The molecule has 2 rings (SSSR count). The lowest BCUT2D eigenvalue weighted by Gasteiger charge is -2.26. The van der Waals surface area contributed by atoms with Crippen molar-refractivity contribution < 1.29 is 14.9 Å². The molecule has 0 heterocycles. The predicted molar refractivity (Wildman–Crippen MR) is 110 cm³/mol. The van der Waals surface area contributed by atoms with Gasteiger partial charge >= 0.3 is 0 Å². The Labute approximate surface area is 163 Å². The second-order valence-electron chi connectivity index (χ2n) is 8.16. The van der Waals surface area contributed by atoms with Crippen LogP contribution in [0.1, 0.15) is 37.5 Å². The molecule has 0 aliphatic carbocycles. The zero-order valence-electron chi connectivity index (χ0n) is 17.0. The highest BCUT2D eigenvalue weighted by molar-refractivity contribution is 5.41. The summed E-state index contributed by atoms with van der Waals surface area (Å²) >= 11 is 0. The number of aryl methyl sites for hydroxylation is 1. The first-order chi connectivity index (χ1) is 12.8. The summed E-state index contributed by atoms with van der Waals surface area (Å²) in [6.45, 7) is 10.5. The zero-order valence-corrected chi connectivity index (χ0v) is 17.0. The standard InChI is InChI=1S/C23H33NO3/c1-18-10-11-22(21(14-18)23(2,3)4)27-17-20(26)16-24(12-13-25)15-19-8-6-5-7-9-19/h5-11,14,20,25-26H,12-13,15-17H2,1-4H3. The Morgan fingerprint density at radius 1 is 1.07 bits per heavy atom. The summed E-state index contributed by atoms with van der Waals surface area (Å²) in [7, 11) is 0. The van der Waals surface area contributed by atoms with Crippen LogP contribution in [0, 0.1) is 6.92 Å². The normalized spacial score (nSPS) is 13.0. The third-order valence-corrected chi connectivity index (χ3v) is 4.51. The van der Waals surface area contributed by atoms with Crippen LogP contribution in [0.25, 0.3) is 0 Å². The highest BCUT2D eigenvalue weighted by atomic mass is 16.5. The van der Waals surface area contributed by atoms with Gasteiger partial charge in [0, 0.05) is 19.6 Å². The molecule has 2 aromatic carbocycles. The summed E-state index contributed by atoms with van der Waals surface area (Å²) in [5.41, 5.74) is 3.48. The monoisotopic (exact) mass is 371 g/mol. The van der Waals surface area contributed by atoms with E-state index in [0.29, 0.717) is 19.6 Å². The third kappa shape index (κ3) is 6.98. The summed E-state index contributed by atoms with van der Waals surface area (Å²) in [6, 6.07) is 16.2. The summed E-state index contributed by atoms with van der Waals surface area (Å²) in [5, 5.41) is 19.8. The molecule has 27 heavy (non-hydrogen) atoms. The molecule has 2 aromatic rings. The van der Waals surface area contributed by atoms with Crippen LogP contribution < -0.4 is 4.74 Å². The molecule has 148 valence electrons. The van der Waals surface area contributed by atoms with Gasteiger partial charge in [-0.05, 0) is 29.5 Å². The second-order valence-corrected chi connectivity index (χ2v) is 8.16. The van der Waals surface area contributed by atoms with Crippen molar-refractivity contribution in [3.8, 4) is 5.75 Å². The van der Waals surface area contributed by atoms with E-state index in [-0.39, 0.29) is 18.6 Å². The van der Waals surface area contributed by atoms with Gasteiger partial charge in [-0.1, -0.05) is 68.8 Å². The Morgan fingerprint density at radius 3 is 2.41 bits per heavy atom. The van der Waals surface area contributed by atoms with Gasteiger partial charge in [0.2, 0.25) is 0 Å². The van der Waals surface area contributed by atoms with Gasteiger partial charge in [0.1, 0.15) is 18.5 Å². The van der Waals surface area contributed by atoms with Crippen molar-refractivity contribution in [2.75, 3.05) is 26.3 Å². The fraction of sp³-hybridized carbons (Fsp3) is 0.478. The first-order valence-corrected chi connectivity index (χ1v) is 9.58. The minimum Gasteiger partial charge on any atom is -0.491 e. The van der Waals surface area contributed by atoms with Crippen molar-refractivity contribution >= 4 is 0 Å². The molecular weight excluding hydrogens is 338 g/mol. The van der Waals surface area contributed by atoms with Crippen molar-refractivity contribution in [1.82, 2.24) is 4.90 Å². The van der Waals surface area contributed by atoms with Gasteiger partial charge in [0.25, 0.3) is 0 Å². The predicted octanol–water partition coefficient (Wildman–Crippen LogP) is 3.53. The molecule has 0 aliphatic heterocycles. The molecule has 1 atom stereocenters. The van der Waals surface area contributed by atoms with Crippen LogP contribution in [0.3, 0.4) is 0 Å². The molecule has 0 fully saturated rings. The van der Waals surface area contributed by atoms with Gasteiger partial charge in [0.05, 0.1) is 6.61 Å². The minimum absolute atomic E-state index is 0.0253. The molecule has 1 unspecified atom stereocenters. The minimum atomic E-state index is -0.630. The molecule has 0 aliphatic rings. The molecule has 4 heteroatoms. The number of aliphatic hydroxyl groups is 2. The van der Waals surface area contributed by atoms with Crippen LogP contribution in [-0.4, -0.2) is 47.5 Å². The highest BCUT2D eigenvalue weighted by Gasteiger charge is 2.20. The van der Waals surface area contributed by atoms with Gasteiger partial charge < -0.3 is 14.9 Å². The molecule has 2 N–H and O–H groups in total. The van der Waals surface area contributed by atoms with Crippen molar-refractivity contribution in [3.63, 3.8) is 0 Å². The maximum atomic E-state index is 10.5. The molecule has 0 bridgehead atoms. The smallest absolute Gasteiger partial charge is 0.123 e. The number of benzene rings is 2. The van der Waals surface area contributed by atoms with Gasteiger partial charge in [-0.25, -0.2) is 0 Å². The molecule has 0 spiro atoms. The summed E-state index contributed by atoms with van der Waals surface area (Å²) in [5.74, 6) is 0.823. The third-order valence-electron chi connectivity index (χ3n) is 4.51. The lowest BCUT2D eigenvalue weighted by Crippen LogP contribution is -2.37. The van der Waals surface area contributed by atoms with E-state index in [4.69, 9.17) is 4.74 Å². The van der Waals surface area contributed by atoms with E-state index in [9.17, 15) is 10.2 Å². The van der Waals surface area contributed by atoms with Crippen molar-refractivity contribution in [2.24, 2.45) is 0 Å². The maximum absolute atomic E-state index is 10.5. The van der Waals surface area contributed by atoms with E-state index >= 15 is 0 Å². The largest absolute Gasteiger partial charge is 0.491 e. The Hall–Kier alpha value is -1.88. The number of ether oxygens (including phenoxy) is 1. The average Bonchev–Trinajstić information content (AvgIpc) is 2.61. The number of rotatable bonds is 9. The second kappa shape index (κ2) is 9.88. The first kappa shape index (κ1) is 21.4. The molecule has 4 nitrogen and oxygen atoms in total. The molecule has 0 aromatic heterocycles. The quantitative estimate of drug-likeness (QED) is 0.708. The van der Waals surface area contributed by atoms with E-state index in [1.807, 2.05) is 35.2 Å².